The van der Waals surface area contributed by atoms with Gasteiger partial charge in [0, 0.05) is 6.42 Å². The molecule has 0 aliphatic carbocycles. The normalized spacial score (nSPS) is 17.7. The Kier molecular flexibility index (Phi) is 4.45. The van der Waals surface area contributed by atoms with E-state index in [1.807, 2.05) is 6.07 Å². The number of rotatable bonds is 5. The van der Waals surface area contributed by atoms with Crippen LogP contribution in [-0.4, -0.2) is 26.9 Å². The van der Waals surface area contributed by atoms with Gasteiger partial charge in [-0.05, 0) is 50.1 Å². The molecule has 0 saturated carbocycles. The van der Waals surface area contributed by atoms with E-state index in [0.29, 0.717) is 19.8 Å². The van der Waals surface area contributed by atoms with Gasteiger partial charge in [0.05, 0.1) is 25.9 Å². The van der Waals surface area contributed by atoms with Crippen molar-refractivity contribution in [2.24, 2.45) is 5.73 Å². The molecule has 2 N–H and O–H groups in total. The number of methoxy groups -OCH3 is 1. The van der Waals surface area contributed by atoms with Crippen molar-refractivity contribution >= 4 is 0 Å². The topological polar surface area (TPSA) is 53.7 Å². The average Bonchev–Trinajstić information content (AvgIpc) is 2.89. The lowest BCUT2D eigenvalue weighted by Crippen LogP contribution is -2.29. The summed E-state index contributed by atoms with van der Waals surface area (Å²) in [5, 5.41) is 0. The van der Waals surface area contributed by atoms with Gasteiger partial charge in [0.2, 0.25) is 0 Å². The van der Waals surface area contributed by atoms with E-state index in [1.165, 1.54) is 11.1 Å². The highest BCUT2D eigenvalue weighted by Crippen LogP contribution is 2.41. The Morgan fingerprint density at radius 3 is 2.42 bits per heavy atom. The van der Waals surface area contributed by atoms with Crippen molar-refractivity contribution in [3.8, 4) is 5.75 Å². The second-order valence-corrected chi connectivity index (χ2v) is 4.98. The van der Waals surface area contributed by atoms with Gasteiger partial charge in [-0.3, -0.25) is 0 Å². The first-order chi connectivity index (χ1) is 9.13. The van der Waals surface area contributed by atoms with Crippen LogP contribution in [0.3, 0.4) is 0 Å². The van der Waals surface area contributed by atoms with Crippen molar-refractivity contribution in [3.05, 3.63) is 28.8 Å². The lowest BCUT2D eigenvalue weighted by atomic mass is 9.95. The third-order valence-corrected chi connectivity index (χ3v) is 3.69. The van der Waals surface area contributed by atoms with Gasteiger partial charge in [0.25, 0.3) is 0 Å². The summed E-state index contributed by atoms with van der Waals surface area (Å²) in [6, 6.07) is 4.15. The van der Waals surface area contributed by atoms with Gasteiger partial charge in [0.1, 0.15) is 5.75 Å². The summed E-state index contributed by atoms with van der Waals surface area (Å²) in [5.74, 6) is 0.130. The number of hydrogen-bond acceptors (Lipinski definition) is 4. The predicted octanol–water partition coefficient (Wildman–Crippen LogP) is 2.25. The maximum atomic E-state index is 5.91. The summed E-state index contributed by atoms with van der Waals surface area (Å²) in [7, 11) is 1.68. The minimum absolute atomic E-state index is 0.612. The van der Waals surface area contributed by atoms with Crippen LogP contribution in [0.1, 0.15) is 29.5 Å². The molecule has 1 aromatic rings. The highest BCUT2D eigenvalue weighted by Gasteiger charge is 2.40. The minimum Gasteiger partial charge on any atom is -0.496 e. The molecule has 19 heavy (non-hydrogen) atoms. The molecule has 1 aliphatic heterocycles. The first-order valence-electron chi connectivity index (χ1n) is 6.76. The van der Waals surface area contributed by atoms with Crippen molar-refractivity contribution in [2.45, 2.75) is 32.5 Å². The molecule has 0 radical (unpaired) electrons. The highest BCUT2D eigenvalue weighted by molar-refractivity contribution is 5.44. The molecule has 1 aliphatic rings. The molecule has 106 valence electrons. The molecule has 0 unspecified atom stereocenters. The smallest absolute Gasteiger partial charge is 0.198 e. The van der Waals surface area contributed by atoms with Crippen LogP contribution >= 0.6 is 0 Å². The third-order valence-electron chi connectivity index (χ3n) is 3.69. The summed E-state index contributed by atoms with van der Waals surface area (Å²) in [6.45, 7) is 6.01. The van der Waals surface area contributed by atoms with E-state index in [4.69, 9.17) is 19.9 Å². The van der Waals surface area contributed by atoms with Crippen LogP contribution in [0.5, 0.6) is 5.75 Å². The van der Waals surface area contributed by atoms with E-state index < -0.39 is 5.79 Å². The number of ether oxygens (including phenoxy) is 3. The van der Waals surface area contributed by atoms with Crippen LogP contribution in [0.2, 0.25) is 0 Å². The fourth-order valence-corrected chi connectivity index (χ4v) is 2.48. The van der Waals surface area contributed by atoms with Crippen LogP contribution in [0.4, 0.5) is 0 Å². The van der Waals surface area contributed by atoms with Crippen LogP contribution in [0.25, 0.3) is 0 Å². The molecule has 1 fully saturated rings. The summed E-state index contributed by atoms with van der Waals surface area (Å²) in [6.07, 6.45) is 1.61. The highest BCUT2D eigenvalue weighted by atomic mass is 16.7. The van der Waals surface area contributed by atoms with Crippen LogP contribution < -0.4 is 10.5 Å². The minimum atomic E-state index is -0.691. The first-order valence-corrected chi connectivity index (χ1v) is 6.76. The first kappa shape index (κ1) is 14.3. The Labute approximate surface area is 114 Å². The van der Waals surface area contributed by atoms with Gasteiger partial charge in [0.15, 0.2) is 5.79 Å². The van der Waals surface area contributed by atoms with Gasteiger partial charge in [-0.25, -0.2) is 0 Å². The molecule has 4 nitrogen and oxygen atoms in total. The maximum Gasteiger partial charge on any atom is 0.198 e. The molecular formula is C15H23NO3. The summed E-state index contributed by atoms with van der Waals surface area (Å²) in [4.78, 5) is 0. The van der Waals surface area contributed by atoms with Crippen molar-refractivity contribution < 1.29 is 14.2 Å². The quantitative estimate of drug-likeness (QED) is 0.887. The molecule has 0 atom stereocenters. The molecule has 0 amide bonds. The Morgan fingerprint density at radius 2 is 1.84 bits per heavy atom. The number of benzene rings is 1. The van der Waals surface area contributed by atoms with E-state index >= 15 is 0 Å². The maximum absolute atomic E-state index is 5.91. The van der Waals surface area contributed by atoms with E-state index in [-0.39, 0.29) is 0 Å². The molecule has 1 heterocycles. The Hall–Kier alpha value is -1.10. The van der Waals surface area contributed by atoms with Crippen molar-refractivity contribution in [1.82, 2.24) is 0 Å². The molecule has 0 aromatic heterocycles. The van der Waals surface area contributed by atoms with Crippen LogP contribution in [-0.2, 0) is 15.3 Å². The van der Waals surface area contributed by atoms with Crippen LogP contribution in [0, 0.1) is 13.8 Å². The number of hydrogen-bond donors (Lipinski definition) is 1. The van der Waals surface area contributed by atoms with E-state index in [1.54, 1.807) is 7.11 Å². The van der Waals surface area contributed by atoms with Crippen molar-refractivity contribution in [2.75, 3.05) is 26.9 Å². The zero-order chi connectivity index (χ0) is 13.9. The molecule has 1 aromatic carbocycles. The number of nitrogens with two attached hydrogens (primary N) is 1. The molecule has 2 rings (SSSR count). The Morgan fingerprint density at radius 1 is 1.21 bits per heavy atom. The van der Waals surface area contributed by atoms with Crippen molar-refractivity contribution in [1.29, 1.82) is 0 Å². The molecule has 0 bridgehead atoms. The SMILES string of the molecule is COc1cc(C)c(C)cc1C1(CCCN)OCCO1. The van der Waals surface area contributed by atoms with Crippen molar-refractivity contribution in [3.63, 3.8) is 0 Å². The molecule has 1 saturated heterocycles. The fraction of sp³-hybridized carbons (Fsp3) is 0.600. The van der Waals surface area contributed by atoms with E-state index in [9.17, 15) is 0 Å². The van der Waals surface area contributed by atoms with Gasteiger partial charge in [-0.1, -0.05) is 0 Å². The second-order valence-electron chi connectivity index (χ2n) is 4.98. The lowest BCUT2D eigenvalue weighted by molar-refractivity contribution is -0.172. The van der Waals surface area contributed by atoms with Gasteiger partial charge >= 0.3 is 0 Å². The van der Waals surface area contributed by atoms with Gasteiger partial charge in [-0.15, -0.1) is 0 Å². The number of aryl methyl sites for hydroxylation is 2. The molecule has 4 heteroatoms. The molecular weight excluding hydrogens is 242 g/mol. The zero-order valence-electron chi connectivity index (χ0n) is 12.0. The molecule has 0 spiro atoms. The van der Waals surface area contributed by atoms with E-state index in [0.717, 1.165) is 24.2 Å². The third kappa shape index (κ3) is 2.76. The monoisotopic (exact) mass is 265 g/mol. The van der Waals surface area contributed by atoms with Gasteiger partial charge < -0.3 is 19.9 Å². The Bertz CT molecular complexity index is 439. The standard InChI is InChI=1S/C15H23NO3/c1-11-9-13(14(17-3)10-12(11)2)15(5-4-6-16)18-7-8-19-15/h9-10H,4-8,16H2,1-3H3. The lowest BCUT2D eigenvalue weighted by Gasteiger charge is -2.30. The summed E-state index contributed by atoms with van der Waals surface area (Å²) >= 11 is 0. The summed E-state index contributed by atoms with van der Waals surface area (Å²) in [5.41, 5.74) is 9.01. The Balaban J connectivity index is 2.43. The predicted molar refractivity (Wildman–Crippen MR) is 74.3 cm³/mol. The fourth-order valence-electron chi connectivity index (χ4n) is 2.48. The zero-order valence-corrected chi connectivity index (χ0v) is 12.0. The summed E-state index contributed by atoms with van der Waals surface area (Å²) < 4.78 is 17.3. The van der Waals surface area contributed by atoms with Crippen LogP contribution in [0.15, 0.2) is 12.1 Å². The van der Waals surface area contributed by atoms with E-state index in [2.05, 4.69) is 19.9 Å². The van der Waals surface area contributed by atoms with Gasteiger partial charge in [-0.2, -0.15) is 0 Å². The largest absolute Gasteiger partial charge is 0.496 e. The average molecular weight is 265 g/mol. The second kappa shape index (κ2) is 5.90.